The minimum Gasteiger partial charge on any atom is -0.379 e. The Morgan fingerprint density at radius 1 is 1.21 bits per heavy atom. The lowest BCUT2D eigenvalue weighted by atomic mass is 9.95. The van der Waals surface area contributed by atoms with Gasteiger partial charge in [-0.15, -0.1) is 0 Å². The highest BCUT2D eigenvalue weighted by Gasteiger charge is 2.30. The van der Waals surface area contributed by atoms with Crippen LogP contribution in [-0.4, -0.2) is 67.4 Å². The molecule has 6 nitrogen and oxygen atoms in total. The lowest BCUT2D eigenvalue weighted by Crippen LogP contribution is -2.44. The summed E-state index contributed by atoms with van der Waals surface area (Å²) in [5, 5.41) is 0. The van der Waals surface area contributed by atoms with Gasteiger partial charge in [0.1, 0.15) is 11.6 Å². The standard InChI is InChI=1S/C18H30N4O2/c1-18(2,3)17-19-14(13-23-4)11-16(20-17)22-6-5-15(12-22)21-7-9-24-10-8-21/h11,15H,5-10,12-13H2,1-4H3. The summed E-state index contributed by atoms with van der Waals surface area (Å²) < 4.78 is 10.8. The number of nitrogens with zero attached hydrogens (tertiary/aromatic N) is 4. The second kappa shape index (κ2) is 7.33. The third-order valence-corrected chi connectivity index (χ3v) is 4.78. The van der Waals surface area contributed by atoms with E-state index in [1.807, 2.05) is 0 Å². The molecule has 0 saturated carbocycles. The minimum atomic E-state index is -0.0676. The fraction of sp³-hybridized carbons (Fsp3) is 0.778. The first-order valence-electron chi connectivity index (χ1n) is 8.91. The first kappa shape index (κ1) is 17.6. The van der Waals surface area contributed by atoms with Crippen LogP contribution in [-0.2, 0) is 21.5 Å². The molecule has 0 N–H and O–H groups in total. The van der Waals surface area contributed by atoms with Gasteiger partial charge in [-0.25, -0.2) is 9.97 Å². The number of rotatable bonds is 4. The number of morpholine rings is 1. The van der Waals surface area contributed by atoms with Crippen LogP contribution in [0, 0.1) is 0 Å². The van der Waals surface area contributed by atoms with Crippen molar-refractivity contribution in [1.82, 2.24) is 14.9 Å². The molecule has 1 aromatic heterocycles. The van der Waals surface area contributed by atoms with Gasteiger partial charge in [0.2, 0.25) is 0 Å². The predicted molar refractivity (Wildman–Crippen MR) is 94.5 cm³/mol. The van der Waals surface area contributed by atoms with Crippen molar-refractivity contribution in [2.24, 2.45) is 0 Å². The van der Waals surface area contributed by atoms with Crippen LogP contribution in [0.5, 0.6) is 0 Å². The van der Waals surface area contributed by atoms with E-state index in [9.17, 15) is 0 Å². The third kappa shape index (κ3) is 4.05. The molecule has 1 atom stereocenters. The largest absolute Gasteiger partial charge is 0.379 e. The number of ether oxygens (including phenoxy) is 2. The molecule has 2 aliphatic rings. The summed E-state index contributed by atoms with van der Waals surface area (Å²) in [5.74, 6) is 1.93. The second-order valence-corrected chi connectivity index (χ2v) is 7.76. The molecular formula is C18H30N4O2. The maximum absolute atomic E-state index is 5.48. The van der Waals surface area contributed by atoms with Crippen molar-refractivity contribution in [3.8, 4) is 0 Å². The van der Waals surface area contributed by atoms with Gasteiger partial charge in [0.25, 0.3) is 0 Å². The maximum Gasteiger partial charge on any atom is 0.136 e. The summed E-state index contributed by atoms with van der Waals surface area (Å²) in [6.45, 7) is 12.9. The Labute approximate surface area is 145 Å². The summed E-state index contributed by atoms with van der Waals surface area (Å²) in [7, 11) is 1.71. The number of aromatic nitrogens is 2. The smallest absolute Gasteiger partial charge is 0.136 e. The molecule has 3 heterocycles. The van der Waals surface area contributed by atoms with Gasteiger partial charge in [0, 0.05) is 50.8 Å². The normalized spacial score (nSPS) is 23.0. The Balaban J connectivity index is 1.77. The Morgan fingerprint density at radius 2 is 1.96 bits per heavy atom. The molecule has 0 radical (unpaired) electrons. The number of hydrogen-bond acceptors (Lipinski definition) is 6. The van der Waals surface area contributed by atoms with Crippen molar-refractivity contribution in [1.29, 1.82) is 0 Å². The molecule has 2 aliphatic heterocycles. The van der Waals surface area contributed by atoms with Gasteiger partial charge in [0.05, 0.1) is 25.5 Å². The summed E-state index contributed by atoms with van der Waals surface area (Å²) in [4.78, 5) is 14.5. The Bertz CT molecular complexity index is 552. The van der Waals surface area contributed by atoms with Crippen molar-refractivity contribution in [2.75, 3.05) is 51.4 Å². The highest BCUT2D eigenvalue weighted by molar-refractivity contribution is 5.42. The van der Waals surface area contributed by atoms with Crippen LogP contribution < -0.4 is 4.90 Å². The van der Waals surface area contributed by atoms with E-state index in [2.05, 4.69) is 41.6 Å². The molecule has 0 spiro atoms. The zero-order valence-electron chi connectivity index (χ0n) is 15.4. The molecule has 2 fully saturated rings. The summed E-state index contributed by atoms with van der Waals surface area (Å²) in [6.07, 6.45) is 1.19. The van der Waals surface area contributed by atoms with E-state index in [0.29, 0.717) is 12.6 Å². The monoisotopic (exact) mass is 334 g/mol. The Kier molecular flexibility index (Phi) is 5.37. The van der Waals surface area contributed by atoms with Crippen molar-refractivity contribution in [2.45, 2.75) is 45.3 Å². The summed E-state index contributed by atoms with van der Waals surface area (Å²) >= 11 is 0. The summed E-state index contributed by atoms with van der Waals surface area (Å²) in [5.41, 5.74) is 0.893. The molecule has 6 heteroatoms. The SMILES string of the molecule is COCc1cc(N2CCC(N3CCOCC3)C2)nc(C(C)(C)C)n1. The van der Waals surface area contributed by atoms with Gasteiger partial charge in [-0.3, -0.25) is 4.90 Å². The number of anilines is 1. The average molecular weight is 334 g/mol. The van der Waals surface area contributed by atoms with Gasteiger partial charge in [-0.05, 0) is 6.42 Å². The van der Waals surface area contributed by atoms with E-state index in [1.54, 1.807) is 7.11 Å². The van der Waals surface area contributed by atoms with Gasteiger partial charge < -0.3 is 14.4 Å². The van der Waals surface area contributed by atoms with Crippen molar-refractivity contribution in [3.05, 3.63) is 17.6 Å². The molecule has 0 aliphatic carbocycles. The first-order valence-corrected chi connectivity index (χ1v) is 8.91. The van der Waals surface area contributed by atoms with E-state index in [0.717, 1.165) is 56.7 Å². The van der Waals surface area contributed by atoms with E-state index in [-0.39, 0.29) is 5.41 Å². The molecule has 0 amide bonds. The molecule has 0 aromatic carbocycles. The molecule has 2 saturated heterocycles. The van der Waals surface area contributed by atoms with Crippen LogP contribution >= 0.6 is 0 Å². The fourth-order valence-corrected chi connectivity index (χ4v) is 3.39. The molecular weight excluding hydrogens is 304 g/mol. The van der Waals surface area contributed by atoms with Gasteiger partial charge in [0.15, 0.2) is 0 Å². The average Bonchev–Trinajstić information content (AvgIpc) is 3.05. The van der Waals surface area contributed by atoms with Crippen LogP contribution in [0.2, 0.25) is 0 Å². The Hall–Kier alpha value is -1.24. The zero-order chi connectivity index (χ0) is 17.2. The topological polar surface area (TPSA) is 50.7 Å². The van der Waals surface area contributed by atoms with Gasteiger partial charge in [-0.2, -0.15) is 0 Å². The molecule has 1 aromatic rings. The molecule has 3 rings (SSSR count). The van der Waals surface area contributed by atoms with Gasteiger partial charge in [-0.1, -0.05) is 20.8 Å². The molecule has 1 unspecified atom stereocenters. The van der Waals surface area contributed by atoms with E-state index in [1.165, 1.54) is 6.42 Å². The Morgan fingerprint density at radius 3 is 2.62 bits per heavy atom. The molecule has 0 bridgehead atoms. The fourth-order valence-electron chi connectivity index (χ4n) is 3.39. The van der Waals surface area contributed by atoms with E-state index >= 15 is 0 Å². The second-order valence-electron chi connectivity index (χ2n) is 7.76. The van der Waals surface area contributed by atoms with Crippen molar-refractivity contribution in [3.63, 3.8) is 0 Å². The number of hydrogen-bond donors (Lipinski definition) is 0. The maximum atomic E-state index is 5.48. The quantitative estimate of drug-likeness (QED) is 0.837. The van der Waals surface area contributed by atoms with Crippen LogP contribution in [0.15, 0.2) is 6.07 Å². The number of methoxy groups -OCH3 is 1. The minimum absolute atomic E-state index is 0.0676. The van der Waals surface area contributed by atoms with E-state index < -0.39 is 0 Å². The lowest BCUT2D eigenvalue weighted by Gasteiger charge is -2.32. The molecule has 24 heavy (non-hydrogen) atoms. The van der Waals surface area contributed by atoms with Crippen molar-refractivity contribution >= 4 is 5.82 Å². The first-order chi connectivity index (χ1) is 11.5. The zero-order valence-corrected chi connectivity index (χ0v) is 15.4. The third-order valence-electron chi connectivity index (χ3n) is 4.78. The van der Waals surface area contributed by atoms with Crippen LogP contribution in [0.4, 0.5) is 5.82 Å². The van der Waals surface area contributed by atoms with Crippen LogP contribution in [0.3, 0.4) is 0 Å². The molecule has 134 valence electrons. The lowest BCUT2D eigenvalue weighted by molar-refractivity contribution is 0.0209. The summed E-state index contributed by atoms with van der Waals surface area (Å²) in [6, 6.07) is 2.69. The highest BCUT2D eigenvalue weighted by Crippen LogP contribution is 2.26. The van der Waals surface area contributed by atoms with E-state index in [4.69, 9.17) is 14.5 Å². The predicted octanol–water partition coefficient (Wildman–Crippen LogP) is 1.83. The van der Waals surface area contributed by atoms with Gasteiger partial charge >= 0.3 is 0 Å². The highest BCUT2D eigenvalue weighted by atomic mass is 16.5. The van der Waals surface area contributed by atoms with Crippen molar-refractivity contribution < 1.29 is 9.47 Å². The van der Waals surface area contributed by atoms with Crippen LogP contribution in [0.1, 0.15) is 38.7 Å². The van der Waals surface area contributed by atoms with Crippen LogP contribution in [0.25, 0.3) is 0 Å².